The van der Waals surface area contributed by atoms with Crippen LogP contribution in [0.4, 0.5) is 0 Å². The number of rotatable bonds is 3. The monoisotopic (exact) mass is 200 g/mol. The molecule has 1 aromatic carbocycles. The number of hydrogen-bond donors (Lipinski definition) is 1. The predicted octanol–water partition coefficient (Wildman–Crippen LogP) is 1.72. The fourth-order valence-electron chi connectivity index (χ4n) is 1.37. The van der Waals surface area contributed by atoms with Gasteiger partial charge in [0.05, 0.1) is 6.54 Å². The summed E-state index contributed by atoms with van der Waals surface area (Å²) in [6.45, 7) is 0.374. The summed E-state index contributed by atoms with van der Waals surface area (Å²) in [7, 11) is 0. The molecule has 0 fully saturated rings. The molecule has 0 saturated heterocycles. The topological polar surface area (TPSA) is 32.3 Å². The highest BCUT2D eigenvalue weighted by Gasteiger charge is 2.08. The third kappa shape index (κ3) is 2.47. The number of carbonyl (C=O) groups is 1. The van der Waals surface area contributed by atoms with Crippen molar-refractivity contribution in [2.45, 2.75) is 0 Å². The molecular formula is C12H12N2O. The summed E-state index contributed by atoms with van der Waals surface area (Å²) in [6.07, 6.45) is 7.25. The minimum Gasteiger partial charge on any atom is -0.365 e. The molecule has 0 bridgehead atoms. The zero-order chi connectivity index (χ0) is 10.5. The quantitative estimate of drug-likeness (QED) is 0.754. The molecule has 1 aromatic rings. The molecule has 15 heavy (non-hydrogen) atoms. The molecule has 0 atom stereocenters. The molecule has 0 aliphatic carbocycles. The first-order valence-electron chi connectivity index (χ1n) is 4.80. The van der Waals surface area contributed by atoms with Crippen LogP contribution in [0.2, 0.25) is 0 Å². The summed E-state index contributed by atoms with van der Waals surface area (Å²) < 4.78 is 0. The van der Waals surface area contributed by atoms with Crippen molar-refractivity contribution >= 4 is 5.78 Å². The van der Waals surface area contributed by atoms with Gasteiger partial charge in [0.2, 0.25) is 0 Å². The smallest absolute Gasteiger partial charge is 0.182 e. The Balaban J connectivity index is 2.01. The van der Waals surface area contributed by atoms with Crippen molar-refractivity contribution < 1.29 is 4.79 Å². The van der Waals surface area contributed by atoms with Crippen LogP contribution in [0.15, 0.2) is 55.1 Å². The lowest BCUT2D eigenvalue weighted by molar-refractivity contribution is 0.0969. The van der Waals surface area contributed by atoms with Gasteiger partial charge in [-0.05, 0) is 0 Å². The summed E-state index contributed by atoms with van der Waals surface area (Å²) >= 11 is 0. The van der Waals surface area contributed by atoms with Crippen LogP contribution in [-0.2, 0) is 0 Å². The standard InChI is InChI=1S/C12H12N2O/c15-12(11-4-2-1-3-5-11)10-14-8-6-13-7-9-14/h1-9,13H,10H2. The fraction of sp³-hybridized carbons (Fsp3) is 0.0833. The van der Waals surface area contributed by atoms with Crippen molar-refractivity contribution in [2.75, 3.05) is 6.54 Å². The van der Waals surface area contributed by atoms with Gasteiger partial charge in [-0.2, -0.15) is 0 Å². The lowest BCUT2D eigenvalue weighted by Crippen LogP contribution is -2.23. The second-order valence-electron chi connectivity index (χ2n) is 3.26. The summed E-state index contributed by atoms with van der Waals surface area (Å²) in [6, 6.07) is 9.31. The van der Waals surface area contributed by atoms with Gasteiger partial charge < -0.3 is 10.2 Å². The number of Topliss-reactive ketones (excluding diaryl/α,β-unsaturated/α-hetero) is 1. The van der Waals surface area contributed by atoms with Crippen molar-refractivity contribution in [1.29, 1.82) is 0 Å². The van der Waals surface area contributed by atoms with Crippen molar-refractivity contribution in [2.24, 2.45) is 0 Å². The van der Waals surface area contributed by atoms with Crippen molar-refractivity contribution in [3.63, 3.8) is 0 Å². The average molecular weight is 200 g/mol. The Morgan fingerprint density at radius 3 is 2.47 bits per heavy atom. The minimum atomic E-state index is 0.117. The number of hydrogen-bond acceptors (Lipinski definition) is 3. The molecule has 0 amide bonds. The molecule has 1 aliphatic rings. The van der Waals surface area contributed by atoms with Gasteiger partial charge in [-0.25, -0.2) is 0 Å². The van der Waals surface area contributed by atoms with Gasteiger partial charge in [0.15, 0.2) is 5.78 Å². The van der Waals surface area contributed by atoms with E-state index in [2.05, 4.69) is 5.32 Å². The van der Waals surface area contributed by atoms with E-state index in [4.69, 9.17) is 0 Å². The summed E-state index contributed by atoms with van der Waals surface area (Å²) in [5.74, 6) is 0.117. The first kappa shape index (κ1) is 9.52. The zero-order valence-electron chi connectivity index (χ0n) is 8.26. The molecular weight excluding hydrogens is 188 g/mol. The molecule has 3 heteroatoms. The van der Waals surface area contributed by atoms with Crippen molar-refractivity contribution in [1.82, 2.24) is 10.2 Å². The van der Waals surface area contributed by atoms with Gasteiger partial charge in [0.25, 0.3) is 0 Å². The lowest BCUT2D eigenvalue weighted by Gasteiger charge is -2.16. The van der Waals surface area contributed by atoms with Crippen LogP contribution in [-0.4, -0.2) is 17.2 Å². The Labute approximate surface area is 88.7 Å². The summed E-state index contributed by atoms with van der Waals surface area (Å²) in [5.41, 5.74) is 0.748. The first-order chi connectivity index (χ1) is 7.36. The second-order valence-corrected chi connectivity index (χ2v) is 3.26. The Kier molecular flexibility index (Phi) is 2.83. The maximum absolute atomic E-state index is 11.8. The SMILES string of the molecule is O=C(CN1C=CNC=C1)c1ccccc1. The molecule has 1 heterocycles. The molecule has 0 radical (unpaired) electrons. The Bertz CT molecular complexity index is 383. The highest BCUT2D eigenvalue weighted by molar-refractivity contribution is 5.97. The van der Waals surface area contributed by atoms with E-state index in [0.717, 1.165) is 5.56 Å². The molecule has 2 rings (SSSR count). The number of carbonyl (C=O) groups excluding carboxylic acids is 1. The van der Waals surface area contributed by atoms with Gasteiger partial charge in [0, 0.05) is 30.4 Å². The number of benzene rings is 1. The fourth-order valence-corrected chi connectivity index (χ4v) is 1.37. The van der Waals surface area contributed by atoms with E-state index in [1.54, 1.807) is 12.4 Å². The van der Waals surface area contributed by atoms with Crippen LogP contribution in [0, 0.1) is 0 Å². The largest absolute Gasteiger partial charge is 0.365 e. The normalized spacial score (nSPS) is 13.7. The van der Waals surface area contributed by atoms with E-state index in [0.29, 0.717) is 6.54 Å². The van der Waals surface area contributed by atoms with Crippen LogP contribution in [0.5, 0.6) is 0 Å². The van der Waals surface area contributed by atoms with Crippen LogP contribution < -0.4 is 5.32 Å². The van der Waals surface area contributed by atoms with Gasteiger partial charge in [-0.3, -0.25) is 4.79 Å². The summed E-state index contributed by atoms with van der Waals surface area (Å²) in [5, 5.41) is 2.91. The number of ketones is 1. The van der Waals surface area contributed by atoms with E-state index in [9.17, 15) is 4.79 Å². The Morgan fingerprint density at radius 1 is 1.13 bits per heavy atom. The maximum atomic E-state index is 11.8. The third-order valence-electron chi connectivity index (χ3n) is 2.15. The molecule has 1 N–H and O–H groups in total. The number of nitrogens with zero attached hydrogens (tertiary/aromatic N) is 1. The maximum Gasteiger partial charge on any atom is 0.182 e. The van der Waals surface area contributed by atoms with E-state index in [-0.39, 0.29) is 5.78 Å². The van der Waals surface area contributed by atoms with E-state index in [1.807, 2.05) is 47.6 Å². The van der Waals surface area contributed by atoms with Crippen LogP contribution >= 0.6 is 0 Å². The Hall–Kier alpha value is -2.03. The average Bonchev–Trinajstić information content (AvgIpc) is 2.31. The van der Waals surface area contributed by atoms with Crippen LogP contribution in [0.3, 0.4) is 0 Å². The zero-order valence-corrected chi connectivity index (χ0v) is 8.26. The molecule has 0 aromatic heterocycles. The number of nitrogens with one attached hydrogen (secondary N) is 1. The molecule has 1 aliphatic heterocycles. The van der Waals surface area contributed by atoms with Crippen molar-refractivity contribution in [3.8, 4) is 0 Å². The van der Waals surface area contributed by atoms with Gasteiger partial charge in [0.1, 0.15) is 0 Å². The molecule has 0 unspecified atom stereocenters. The van der Waals surface area contributed by atoms with Gasteiger partial charge >= 0.3 is 0 Å². The molecule has 76 valence electrons. The Morgan fingerprint density at radius 2 is 1.80 bits per heavy atom. The third-order valence-corrected chi connectivity index (χ3v) is 2.15. The highest BCUT2D eigenvalue weighted by atomic mass is 16.1. The van der Waals surface area contributed by atoms with Gasteiger partial charge in [-0.15, -0.1) is 0 Å². The van der Waals surface area contributed by atoms with E-state index < -0.39 is 0 Å². The van der Waals surface area contributed by atoms with Crippen LogP contribution in [0.25, 0.3) is 0 Å². The second kappa shape index (κ2) is 4.46. The molecule has 0 spiro atoms. The highest BCUT2D eigenvalue weighted by Crippen LogP contribution is 2.03. The minimum absolute atomic E-state index is 0.117. The summed E-state index contributed by atoms with van der Waals surface area (Å²) in [4.78, 5) is 13.6. The van der Waals surface area contributed by atoms with Gasteiger partial charge in [-0.1, -0.05) is 30.3 Å². The lowest BCUT2D eigenvalue weighted by atomic mass is 10.1. The predicted molar refractivity (Wildman–Crippen MR) is 58.9 cm³/mol. The van der Waals surface area contributed by atoms with E-state index >= 15 is 0 Å². The van der Waals surface area contributed by atoms with Crippen molar-refractivity contribution in [3.05, 3.63) is 60.7 Å². The molecule has 0 saturated carbocycles. The van der Waals surface area contributed by atoms with E-state index in [1.165, 1.54) is 0 Å². The van der Waals surface area contributed by atoms with Crippen LogP contribution in [0.1, 0.15) is 10.4 Å². The first-order valence-corrected chi connectivity index (χ1v) is 4.80. The molecule has 3 nitrogen and oxygen atoms in total.